The van der Waals surface area contributed by atoms with E-state index in [2.05, 4.69) is 27.0 Å². The van der Waals surface area contributed by atoms with Gasteiger partial charge in [0.25, 0.3) is 5.91 Å². The summed E-state index contributed by atoms with van der Waals surface area (Å²) in [5, 5.41) is 27.5. The van der Waals surface area contributed by atoms with E-state index in [4.69, 9.17) is 10.7 Å². The fourth-order valence-electron chi connectivity index (χ4n) is 4.28. The first-order valence-corrected chi connectivity index (χ1v) is 11.9. The minimum absolute atomic E-state index is 0.000427. The smallest absolute Gasteiger partial charge is 0.272 e. The second kappa shape index (κ2) is 11.4. The molecule has 2 amide bonds. The highest BCUT2D eigenvalue weighted by Crippen LogP contribution is 2.28. The number of nitriles is 1. The van der Waals surface area contributed by atoms with Gasteiger partial charge in [0.1, 0.15) is 0 Å². The number of anilines is 3. The van der Waals surface area contributed by atoms with Crippen LogP contribution < -0.4 is 26.6 Å². The molecule has 0 spiro atoms. The van der Waals surface area contributed by atoms with Crippen LogP contribution in [-0.2, 0) is 11.3 Å². The number of rotatable bonds is 8. The Hall–Kier alpha value is -4.63. The number of amides is 2. The number of imidazole rings is 1. The summed E-state index contributed by atoms with van der Waals surface area (Å²) in [6.07, 6.45) is 3.22. The fourth-order valence-corrected chi connectivity index (χ4v) is 4.28. The summed E-state index contributed by atoms with van der Waals surface area (Å²) < 4.78 is 1.75. The molecule has 3 heterocycles. The number of nitrogens with zero attached hydrogens (tertiary/aromatic N) is 5. The third-order valence-electron chi connectivity index (χ3n) is 6.06. The van der Waals surface area contributed by atoms with Crippen LogP contribution in [0.2, 0.25) is 0 Å². The second-order valence-electron chi connectivity index (χ2n) is 8.66. The van der Waals surface area contributed by atoms with Crippen molar-refractivity contribution in [2.45, 2.75) is 25.4 Å². The molecule has 0 aliphatic carbocycles. The molecule has 12 nitrogen and oxygen atoms in total. The molecule has 0 saturated carbocycles. The van der Waals surface area contributed by atoms with Crippen molar-refractivity contribution in [1.29, 1.82) is 5.26 Å². The second-order valence-corrected chi connectivity index (χ2v) is 8.66. The molecular weight excluding hydrogens is 474 g/mol. The van der Waals surface area contributed by atoms with Crippen molar-refractivity contribution in [2.75, 3.05) is 42.2 Å². The van der Waals surface area contributed by atoms with Crippen LogP contribution in [0.5, 0.6) is 5.75 Å². The topological polar surface area (TPSA) is 174 Å². The van der Waals surface area contributed by atoms with Crippen LogP contribution >= 0.6 is 0 Å². The number of hydrogen-bond donors (Lipinski definition) is 5. The molecule has 2 aromatic heterocycles. The average Bonchev–Trinajstić information content (AvgIpc) is 3.27. The van der Waals surface area contributed by atoms with Gasteiger partial charge in [-0.2, -0.15) is 10.2 Å². The highest BCUT2D eigenvalue weighted by atomic mass is 16.3. The minimum Gasteiger partial charge on any atom is -0.504 e. The number of piperidine rings is 1. The van der Waals surface area contributed by atoms with Crippen LogP contribution in [0.25, 0.3) is 0 Å². The first kappa shape index (κ1) is 25.5. The first-order chi connectivity index (χ1) is 17.9. The molecule has 12 heteroatoms. The third kappa shape index (κ3) is 5.79. The van der Waals surface area contributed by atoms with Gasteiger partial charge in [0.15, 0.2) is 23.1 Å². The molecule has 3 aromatic rings. The maximum Gasteiger partial charge on any atom is 0.272 e. The molecule has 1 fully saturated rings. The normalized spacial score (nSPS) is 15.1. The van der Waals surface area contributed by atoms with Crippen molar-refractivity contribution in [3.63, 3.8) is 0 Å². The van der Waals surface area contributed by atoms with Gasteiger partial charge in [-0.25, -0.2) is 4.98 Å². The lowest BCUT2D eigenvalue weighted by atomic mass is 10.1. The summed E-state index contributed by atoms with van der Waals surface area (Å²) >= 11 is 0. The van der Waals surface area contributed by atoms with E-state index in [9.17, 15) is 20.0 Å². The van der Waals surface area contributed by atoms with E-state index in [1.54, 1.807) is 23.7 Å². The van der Waals surface area contributed by atoms with Crippen molar-refractivity contribution in [3.8, 4) is 11.8 Å². The minimum atomic E-state index is -0.559. The first-order valence-electron chi connectivity index (χ1n) is 11.9. The molecule has 1 aliphatic rings. The van der Waals surface area contributed by atoms with E-state index in [1.807, 2.05) is 17.0 Å². The molecule has 192 valence electrons. The Balaban J connectivity index is 1.63. The number of benzene rings is 1. The van der Waals surface area contributed by atoms with E-state index >= 15 is 0 Å². The highest BCUT2D eigenvalue weighted by Gasteiger charge is 2.28. The highest BCUT2D eigenvalue weighted by molar-refractivity contribution is 6.01. The van der Waals surface area contributed by atoms with Gasteiger partial charge >= 0.3 is 0 Å². The molecule has 37 heavy (non-hydrogen) atoms. The lowest BCUT2D eigenvalue weighted by molar-refractivity contribution is -0.115. The standard InChI is InChI=1S/C25H29N9O3/c1-28-23-21(24(37)30-13-20(36)31-22-19(35)9-4-10-29-22)34(14-17-7-3-2-6-16(17)12-26)25(32-23)33-11-5-8-18(27)15-33/h2-4,6-7,9-10,18,28,35H,5,8,11,13-15,27H2,1H3,(H,30,37)(H,29,31,36)/t18-/m1/s1. The van der Waals surface area contributed by atoms with Crippen molar-refractivity contribution in [3.05, 3.63) is 59.4 Å². The molecule has 1 aliphatic heterocycles. The predicted molar refractivity (Wildman–Crippen MR) is 138 cm³/mol. The van der Waals surface area contributed by atoms with Crippen molar-refractivity contribution in [2.24, 2.45) is 5.73 Å². The molecule has 0 unspecified atom stereocenters. The monoisotopic (exact) mass is 503 g/mol. The Morgan fingerprint density at radius 1 is 1.24 bits per heavy atom. The molecule has 4 rings (SSSR count). The van der Waals surface area contributed by atoms with Gasteiger partial charge in [-0.05, 0) is 36.6 Å². The lowest BCUT2D eigenvalue weighted by Crippen LogP contribution is -2.44. The summed E-state index contributed by atoms with van der Waals surface area (Å²) in [6, 6.07) is 12.3. The van der Waals surface area contributed by atoms with Gasteiger partial charge in [-0.3, -0.25) is 14.2 Å². The number of aromatic hydroxyl groups is 1. The van der Waals surface area contributed by atoms with Crippen LogP contribution in [0.3, 0.4) is 0 Å². The fraction of sp³-hybridized carbons (Fsp3) is 0.320. The van der Waals surface area contributed by atoms with Gasteiger partial charge in [0, 0.05) is 32.4 Å². The Bertz CT molecular complexity index is 1330. The molecule has 6 N–H and O–H groups in total. The summed E-state index contributed by atoms with van der Waals surface area (Å²) in [5.74, 6) is -0.377. The van der Waals surface area contributed by atoms with Crippen molar-refractivity contribution >= 4 is 29.4 Å². The Morgan fingerprint density at radius 3 is 2.78 bits per heavy atom. The zero-order valence-electron chi connectivity index (χ0n) is 20.4. The predicted octanol–water partition coefficient (Wildman–Crippen LogP) is 1.24. The average molecular weight is 504 g/mol. The Labute approximate surface area is 214 Å². The van der Waals surface area contributed by atoms with Crippen LogP contribution in [0, 0.1) is 11.3 Å². The molecule has 1 saturated heterocycles. The number of nitrogens with two attached hydrogens (primary N) is 1. The number of carbonyl (C=O) groups is 2. The van der Waals surface area contributed by atoms with Gasteiger partial charge in [-0.1, -0.05) is 18.2 Å². The van der Waals surface area contributed by atoms with Crippen LogP contribution in [0.15, 0.2) is 42.6 Å². The number of nitrogens with one attached hydrogen (secondary N) is 3. The maximum absolute atomic E-state index is 13.4. The Morgan fingerprint density at radius 2 is 2.05 bits per heavy atom. The Kier molecular flexibility index (Phi) is 7.85. The SMILES string of the molecule is CNc1nc(N2CCC[C@@H](N)C2)n(Cc2ccccc2C#N)c1C(=O)NCC(=O)Nc1ncccc1O. The van der Waals surface area contributed by atoms with E-state index in [0.29, 0.717) is 23.9 Å². The van der Waals surface area contributed by atoms with E-state index in [0.717, 1.165) is 24.9 Å². The molecule has 0 radical (unpaired) electrons. The van der Waals surface area contributed by atoms with Gasteiger partial charge in [0.05, 0.1) is 24.7 Å². The number of hydrogen-bond acceptors (Lipinski definition) is 9. The van der Waals surface area contributed by atoms with E-state index in [1.165, 1.54) is 18.3 Å². The van der Waals surface area contributed by atoms with Crippen LogP contribution in [0.4, 0.5) is 17.6 Å². The van der Waals surface area contributed by atoms with Gasteiger partial charge in [0.2, 0.25) is 11.9 Å². The summed E-state index contributed by atoms with van der Waals surface area (Å²) in [5.41, 5.74) is 7.66. The maximum atomic E-state index is 13.4. The van der Waals surface area contributed by atoms with E-state index in [-0.39, 0.29) is 36.4 Å². The summed E-state index contributed by atoms with van der Waals surface area (Å²) in [4.78, 5) is 36.5. The number of aromatic nitrogens is 3. The van der Waals surface area contributed by atoms with Crippen molar-refractivity contribution < 1.29 is 14.7 Å². The third-order valence-corrected chi connectivity index (χ3v) is 6.06. The zero-order valence-corrected chi connectivity index (χ0v) is 20.4. The van der Waals surface area contributed by atoms with Crippen LogP contribution in [0.1, 0.15) is 34.5 Å². The number of carbonyl (C=O) groups excluding carboxylic acids is 2. The molecular formula is C25H29N9O3. The number of pyridine rings is 1. The van der Waals surface area contributed by atoms with E-state index < -0.39 is 11.8 Å². The molecule has 1 aromatic carbocycles. The lowest BCUT2D eigenvalue weighted by Gasteiger charge is -2.32. The quantitative estimate of drug-likeness (QED) is 0.303. The zero-order chi connectivity index (χ0) is 26.4. The van der Waals surface area contributed by atoms with Crippen LogP contribution in [-0.4, -0.2) is 64.2 Å². The van der Waals surface area contributed by atoms with Crippen molar-refractivity contribution in [1.82, 2.24) is 19.9 Å². The van der Waals surface area contributed by atoms with Gasteiger partial charge in [-0.15, -0.1) is 0 Å². The molecule has 0 bridgehead atoms. The summed E-state index contributed by atoms with van der Waals surface area (Å²) in [7, 11) is 1.66. The summed E-state index contributed by atoms with van der Waals surface area (Å²) in [6.45, 7) is 1.17. The van der Waals surface area contributed by atoms with Gasteiger partial charge < -0.3 is 31.7 Å². The largest absolute Gasteiger partial charge is 0.504 e. The molecule has 1 atom stereocenters.